The Labute approximate surface area is 135 Å². The van der Waals surface area contributed by atoms with Crippen molar-refractivity contribution in [3.05, 3.63) is 59.4 Å². The molecule has 1 saturated carbocycles. The molecule has 0 saturated heterocycles. The highest BCUT2D eigenvalue weighted by Crippen LogP contribution is 2.36. The van der Waals surface area contributed by atoms with E-state index in [0.29, 0.717) is 23.7 Å². The van der Waals surface area contributed by atoms with Gasteiger partial charge in [0.05, 0.1) is 18.2 Å². The average molecular weight is 309 g/mol. The average Bonchev–Trinajstić information content (AvgIpc) is 3.30. The molecule has 1 aromatic heterocycles. The topological polar surface area (TPSA) is 80.1 Å². The molecule has 118 valence electrons. The number of aromatic amines is 1. The Balaban J connectivity index is 1.87. The highest BCUT2D eigenvalue weighted by molar-refractivity contribution is 5.94. The van der Waals surface area contributed by atoms with Crippen LogP contribution in [0.25, 0.3) is 0 Å². The van der Waals surface area contributed by atoms with E-state index < -0.39 is 0 Å². The summed E-state index contributed by atoms with van der Waals surface area (Å²) in [5, 5.41) is 18.7. The Morgan fingerprint density at radius 2 is 2.13 bits per heavy atom. The van der Waals surface area contributed by atoms with Crippen molar-refractivity contribution in [2.75, 3.05) is 6.61 Å². The second-order valence-electron chi connectivity index (χ2n) is 5.92. The minimum absolute atomic E-state index is 0.0429. The van der Waals surface area contributed by atoms with Gasteiger partial charge in [0.15, 0.2) is 0 Å². The van der Waals surface area contributed by atoms with Crippen LogP contribution in [0.4, 0.5) is 0 Å². The van der Waals surface area contributed by atoms with Crippen LogP contribution in [-0.2, 0) is 6.54 Å². The fourth-order valence-electron chi connectivity index (χ4n) is 2.85. The van der Waals surface area contributed by atoms with Gasteiger partial charge in [0.2, 0.25) is 0 Å². The van der Waals surface area contributed by atoms with Crippen LogP contribution in [0.5, 0.6) is 0 Å². The van der Waals surface area contributed by atoms with E-state index >= 15 is 0 Å². The number of aromatic nitrogens is 1. The van der Waals surface area contributed by atoms with Gasteiger partial charge in [0.1, 0.15) is 11.8 Å². The van der Waals surface area contributed by atoms with Gasteiger partial charge >= 0.3 is 0 Å². The minimum Gasteiger partial charge on any atom is -0.394 e. The van der Waals surface area contributed by atoms with Gasteiger partial charge in [0.25, 0.3) is 5.91 Å². The maximum absolute atomic E-state index is 12.9. The monoisotopic (exact) mass is 309 g/mol. The Kier molecular flexibility index (Phi) is 4.45. The second-order valence-corrected chi connectivity index (χ2v) is 5.92. The molecule has 5 heteroatoms. The van der Waals surface area contributed by atoms with Gasteiger partial charge in [0, 0.05) is 12.7 Å². The number of amides is 1. The Morgan fingerprint density at radius 3 is 2.70 bits per heavy atom. The first-order chi connectivity index (χ1) is 11.2. The number of hydrogen-bond donors (Lipinski definition) is 2. The molecule has 1 unspecified atom stereocenters. The van der Waals surface area contributed by atoms with Gasteiger partial charge in [-0.25, -0.2) is 0 Å². The van der Waals surface area contributed by atoms with Crippen LogP contribution >= 0.6 is 0 Å². The Morgan fingerprint density at radius 1 is 1.39 bits per heavy atom. The van der Waals surface area contributed by atoms with Crippen LogP contribution in [0.2, 0.25) is 0 Å². The summed E-state index contributed by atoms with van der Waals surface area (Å²) < 4.78 is 0. The number of hydrogen-bond acceptors (Lipinski definition) is 3. The molecule has 5 nitrogen and oxygen atoms in total. The van der Waals surface area contributed by atoms with E-state index in [9.17, 15) is 9.90 Å². The van der Waals surface area contributed by atoms with Crippen LogP contribution < -0.4 is 0 Å². The molecule has 0 radical (unpaired) electrons. The van der Waals surface area contributed by atoms with Gasteiger partial charge in [-0.15, -0.1) is 0 Å². The van der Waals surface area contributed by atoms with Crippen LogP contribution in [0, 0.1) is 17.2 Å². The van der Waals surface area contributed by atoms with E-state index in [1.165, 1.54) is 0 Å². The number of carbonyl (C=O) groups is 1. The zero-order chi connectivity index (χ0) is 16.2. The minimum atomic E-state index is -0.178. The van der Waals surface area contributed by atoms with Crippen molar-refractivity contribution in [1.82, 2.24) is 9.88 Å². The lowest BCUT2D eigenvalue weighted by atomic mass is 10.1. The van der Waals surface area contributed by atoms with Gasteiger partial charge in [-0.1, -0.05) is 30.3 Å². The lowest BCUT2D eigenvalue weighted by molar-refractivity contribution is 0.0531. The van der Waals surface area contributed by atoms with E-state index in [1.54, 1.807) is 17.2 Å². The quantitative estimate of drug-likeness (QED) is 0.859. The van der Waals surface area contributed by atoms with Crippen LogP contribution in [0.1, 0.15) is 34.5 Å². The van der Waals surface area contributed by atoms with Gasteiger partial charge in [-0.05, 0) is 30.4 Å². The van der Waals surface area contributed by atoms with E-state index in [1.807, 2.05) is 36.4 Å². The maximum Gasteiger partial charge on any atom is 0.256 e. The molecular formula is C18H19N3O2. The third-order valence-electron chi connectivity index (χ3n) is 4.26. The van der Waals surface area contributed by atoms with Crippen molar-refractivity contribution in [3.63, 3.8) is 0 Å². The third-order valence-corrected chi connectivity index (χ3v) is 4.26. The number of nitrogens with zero attached hydrogens (tertiary/aromatic N) is 2. The standard InChI is InChI=1S/C18H19N3O2/c19-9-16-8-15(10-20-16)18(23)21(17(12-22)14-6-7-14)11-13-4-2-1-3-5-13/h1-5,8,10,14,17,20,22H,6-7,11-12H2. The number of rotatable bonds is 6. The highest BCUT2D eigenvalue weighted by Gasteiger charge is 2.37. The fraction of sp³-hybridized carbons (Fsp3) is 0.333. The molecule has 3 rings (SSSR count). The number of benzene rings is 1. The summed E-state index contributed by atoms with van der Waals surface area (Å²) in [4.78, 5) is 17.4. The number of aliphatic hydroxyl groups is 1. The van der Waals surface area contributed by atoms with Crippen LogP contribution in [0.3, 0.4) is 0 Å². The first-order valence-electron chi connectivity index (χ1n) is 7.77. The second kappa shape index (κ2) is 6.67. The first kappa shape index (κ1) is 15.3. The predicted molar refractivity (Wildman–Crippen MR) is 85.4 cm³/mol. The van der Waals surface area contributed by atoms with E-state index in [-0.39, 0.29) is 18.6 Å². The number of carbonyl (C=O) groups excluding carboxylic acids is 1. The zero-order valence-electron chi connectivity index (χ0n) is 12.8. The Hall–Kier alpha value is -2.58. The van der Waals surface area contributed by atoms with E-state index in [0.717, 1.165) is 18.4 Å². The van der Waals surface area contributed by atoms with Crippen molar-refractivity contribution in [1.29, 1.82) is 5.26 Å². The molecule has 0 aliphatic heterocycles. The maximum atomic E-state index is 12.9. The molecule has 23 heavy (non-hydrogen) atoms. The molecule has 1 amide bonds. The van der Waals surface area contributed by atoms with E-state index in [4.69, 9.17) is 5.26 Å². The molecule has 1 heterocycles. The summed E-state index contributed by atoms with van der Waals surface area (Å²) in [5.41, 5.74) is 1.84. The molecule has 1 atom stereocenters. The van der Waals surface area contributed by atoms with Crippen molar-refractivity contribution in [2.45, 2.75) is 25.4 Å². The number of H-pyrrole nitrogens is 1. The van der Waals surface area contributed by atoms with Crippen molar-refractivity contribution >= 4 is 5.91 Å². The van der Waals surface area contributed by atoms with Gasteiger partial charge in [-0.2, -0.15) is 5.26 Å². The summed E-state index contributed by atoms with van der Waals surface area (Å²) >= 11 is 0. The molecule has 1 aliphatic rings. The largest absolute Gasteiger partial charge is 0.394 e. The number of nitriles is 1. The smallest absolute Gasteiger partial charge is 0.256 e. The summed E-state index contributed by atoms with van der Waals surface area (Å²) in [6, 6.07) is 13.1. The molecule has 2 N–H and O–H groups in total. The summed E-state index contributed by atoms with van der Waals surface area (Å²) in [6.07, 6.45) is 3.64. The van der Waals surface area contributed by atoms with Crippen molar-refractivity contribution < 1.29 is 9.90 Å². The predicted octanol–water partition coefficient (Wildman–Crippen LogP) is 2.30. The lowest BCUT2D eigenvalue weighted by Gasteiger charge is -2.30. The van der Waals surface area contributed by atoms with Crippen LogP contribution in [-0.4, -0.2) is 33.5 Å². The summed E-state index contributed by atoms with van der Waals surface area (Å²) in [6.45, 7) is 0.410. The normalized spacial score (nSPS) is 15.0. The third kappa shape index (κ3) is 3.43. The first-order valence-corrected chi connectivity index (χ1v) is 7.77. The van der Waals surface area contributed by atoms with Crippen molar-refractivity contribution in [2.24, 2.45) is 5.92 Å². The number of aliphatic hydroxyl groups excluding tert-OH is 1. The molecule has 0 spiro atoms. The lowest BCUT2D eigenvalue weighted by Crippen LogP contribution is -2.43. The van der Waals surface area contributed by atoms with Crippen LogP contribution in [0.15, 0.2) is 42.6 Å². The molecular weight excluding hydrogens is 290 g/mol. The molecule has 1 aromatic carbocycles. The summed E-state index contributed by atoms with van der Waals surface area (Å²) in [5.74, 6) is 0.208. The van der Waals surface area contributed by atoms with Crippen molar-refractivity contribution in [3.8, 4) is 6.07 Å². The fourth-order valence-corrected chi connectivity index (χ4v) is 2.85. The zero-order valence-corrected chi connectivity index (χ0v) is 12.8. The SMILES string of the molecule is N#Cc1cc(C(=O)N(Cc2ccccc2)C(CO)C2CC2)c[nH]1. The molecule has 0 bridgehead atoms. The molecule has 1 fully saturated rings. The molecule has 1 aliphatic carbocycles. The summed E-state index contributed by atoms with van der Waals surface area (Å²) in [7, 11) is 0. The highest BCUT2D eigenvalue weighted by atomic mass is 16.3. The Bertz CT molecular complexity index is 713. The van der Waals surface area contributed by atoms with Gasteiger partial charge < -0.3 is 15.0 Å². The molecule has 2 aromatic rings. The van der Waals surface area contributed by atoms with Gasteiger partial charge in [-0.3, -0.25) is 4.79 Å². The number of nitrogens with one attached hydrogen (secondary N) is 1. The van der Waals surface area contributed by atoms with E-state index in [2.05, 4.69) is 4.98 Å².